The molecule has 0 rings (SSSR count). The summed E-state index contributed by atoms with van der Waals surface area (Å²) in [6, 6.07) is 0. The number of nitrogens with one attached hydrogen (secondary N) is 1. The fourth-order valence-electron chi connectivity index (χ4n) is 2.13. The average Bonchev–Trinajstić information content (AvgIpc) is 2.47. The molecule has 0 spiro atoms. The SMILES string of the molecule is CCOC(C)(C)CC(=O)NCCOCCOCCCCCCCl. The van der Waals surface area contributed by atoms with E-state index in [-0.39, 0.29) is 5.91 Å². The molecule has 0 bridgehead atoms. The van der Waals surface area contributed by atoms with E-state index in [2.05, 4.69) is 5.32 Å². The monoisotopic (exact) mass is 351 g/mol. The Hall–Kier alpha value is -0.360. The number of hydrogen-bond acceptors (Lipinski definition) is 4. The molecular weight excluding hydrogens is 318 g/mol. The van der Waals surface area contributed by atoms with Crippen LogP contribution < -0.4 is 5.32 Å². The second-order valence-corrected chi connectivity index (χ2v) is 6.43. The predicted octanol–water partition coefficient (Wildman–Crippen LogP) is 3.14. The fraction of sp³-hybridized carbons (Fsp3) is 0.941. The molecule has 5 nitrogen and oxygen atoms in total. The van der Waals surface area contributed by atoms with E-state index in [0.717, 1.165) is 31.7 Å². The van der Waals surface area contributed by atoms with Crippen molar-refractivity contribution in [1.29, 1.82) is 0 Å². The van der Waals surface area contributed by atoms with Crippen molar-refractivity contribution in [3.8, 4) is 0 Å². The number of carbonyl (C=O) groups is 1. The van der Waals surface area contributed by atoms with Gasteiger partial charge < -0.3 is 19.5 Å². The first-order chi connectivity index (χ1) is 11.0. The van der Waals surface area contributed by atoms with Crippen LogP contribution in [0.1, 0.15) is 52.9 Å². The van der Waals surface area contributed by atoms with Crippen LogP contribution in [0.4, 0.5) is 0 Å². The third kappa shape index (κ3) is 16.3. The van der Waals surface area contributed by atoms with Crippen molar-refractivity contribution in [2.24, 2.45) is 0 Å². The van der Waals surface area contributed by atoms with Crippen LogP contribution in [0.15, 0.2) is 0 Å². The summed E-state index contributed by atoms with van der Waals surface area (Å²) < 4.78 is 16.4. The zero-order valence-corrected chi connectivity index (χ0v) is 15.8. The van der Waals surface area contributed by atoms with E-state index in [1.54, 1.807) is 0 Å². The summed E-state index contributed by atoms with van der Waals surface area (Å²) in [7, 11) is 0. The predicted molar refractivity (Wildman–Crippen MR) is 94.2 cm³/mol. The van der Waals surface area contributed by atoms with Crippen LogP contribution in [0.5, 0.6) is 0 Å². The number of alkyl halides is 1. The van der Waals surface area contributed by atoms with E-state index >= 15 is 0 Å². The fourth-order valence-corrected chi connectivity index (χ4v) is 2.32. The Morgan fingerprint density at radius 3 is 2.30 bits per heavy atom. The largest absolute Gasteiger partial charge is 0.379 e. The topological polar surface area (TPSA) is 56.8 Å². The van der Waals surface area contributed by atoms with Crippen LogP contribution in [0.3, 0.4) is 0 Å². The molecule has 0 aromatic heterocycles. The highest BCUT2D eigenvalue weighted by Gasteiger charge is 2.21. The van der Waals surface area contributed by atoms with Crippen molar-refractivity contribution in [2.75, 3.05) is 45.5 Å². The first-order valence-electron chi connectivity index (χ1n) is 8.64. The van der Waals surface area contributed by atoms with Crippen LogP contribution in [0.25, 0.3) is 0 Å². The molecular formula is C17H34ClNO4. The summed E-state index contributed by atoms with van der Waals surface area (Å²) in [4.78, 5) is 11.7. The van der Waals surface area contributed by atoms with Gasteiger partial charge in [-0.1, -0.05) is 12.8 Å². The van der Waals surface area contributed by atoms with Gasteiger partial charge in [0.1, 0.15) is 0 Å². The van der Waals surface area contributed by atoms with Gasteiger partial charge in [-0.2, -0.15) is 0 Å². The Morgan fingerprint density at radius 1 is 1.00 bits per heavy atom. The first-order valence-corrected chi connectivity index (χ1v) is 9.17. The second-order valence-electron chi connectivity index (χ2n) is 6.05. The Balaban J connectivity index is 3.31. The highest BCUT2D eigenvalue weighted by atomic mass is 35.5. The lowest BCUT2D eigenvalue weighted by Crippen LogP contribution is -2.36. The standard InChI is InChI=1S/C17H34ClNO4/c1-4-23-17(2,3)15-16(20)19-10-12-22-14-13-21-11-8-6-5-7-9-18/h4-15H2,1-3H3,(H,19,20). The maximum atomic E-state index is 11.7. The molecule has 1 amide bonds. The Kier molecular flexibility index (Phi) is 14.9. The third-order valence-electron chi connectivity index (χ3n) is 3.23. The Bertz CT molecular complexity index is 288. The quantitative estimate of drug-likeness (QED) is 0.343. The van der Waals surface area contributed by atoms with E-state index in [9.17, 15) is 4.79 Å². The van der Waals surface area contributed by atoms with Gasteiger partial charge in [-0.3, -0.25) is 4.79 Å². The van der Waals surface area contributed by atoms with E-state index in [1.807, 2.05) is 20.8 Å². The lowest BCUT2D eigenvalue weighted by Gasteiger charge is -2.23. The summed E-state index contributed by atoms with van der Waals surface area (Å²) >= 11 is 5.61. The maximum Gasteiger partial charge on any atom is 0.222 e. The molecule has 0 heterocycles. The lowest BCUT2D eigenvalue weighted by molar-refractivity contribution is -0.127. The third-order valence-corrected chi connectivity index (χ3v) is 3.50. The molecule has 23 heavy (non-hydrogen) atoms. The zero-order valence-electron chi connectivity index (χ0n) is 15.0. The van der Waals surface area contributed by atoms with Crippen LogP contribution in [0.2, 0.25) is 0 Å². The van der Waals surface area contributed by atoms with Gasteiger partial charge in [-0.25, -0.2) is 0 Å². The van der Waals surface area contributed by atoms with Gasteiger partial charge in [0.25, 0.3) is 0 Å². The van der Waals surface area contributed by atoms with Gasteiger partial charge >= 0.3 is 0 Å². The molecule has 6 heteroatoms. The molecule has 0 aromatic carbocycles. The van der Waals surface area contributed by atoms with E-state index in [1.165, 1.54) is 6.42 Å². The first kappa shape index (κ1) is 22.6. The molecule has 1 N–H and O–H groups in total. The number of amides is 1. The second kappa shape index (κ2) is 15.2. The highest BCUT2D eigenvalue weighted by molar-refractivity contribution is 6.17. The van der Waals surface area contributed by atoms with E-state index in [4.69, 9.17) is 25.8 Å². The van der Waals surface area contributed by atoms with Crippen LogP contribution in [0, 0.1) is 0 Å². The van der Waals surface area contributed by atoms with Crippen molar-refractivity contribution in [2.45, 2.75) is 58.5 Å². The van der Waals surface area contributed by atoms with Crippen LogP contribution >= 0.6 is 11.6 Å². The van der Waals surface area contributed by atoms with Gasteiger partial charge in [-0.15, -0.1) is 11.6 Å². The van der Waals surface area contributed by atoms with Crippen LogP contribution in [-0.2, 0) is 19.0 Å². The Labute approximate surface area is 146 Å². The van der Waals surface area contributed by atoms with Crippen molar-refractivity contribution in [3.63, 3.8) is 0 Å². The molecule has 0 saturated heterocycles. The van der Waals surface area contributed by atoms with Crippen molar-refractivity contribution < 1.29 is 19.0 Å². The minimum Gasteiger partial charge on any atom is -0.379 e. The average molecular weight is 352 g/mol. The Morgan fingerprint density at radius 2 is 1.65 bits per heavy atom. The molecule has 0 atom stereocenters. The van der Waals surface area contributed by atoms with Crippen molar-refractivity contribution >= 4 is 17.5 Å². The number of ether oxygens (including phenoxy) is 3. The van der Waals surface area contributed by atoms with Gasteiger partial charge in [0.2, 0.25) is 5.91 Å². The number of rotatable bonds is 16. The molecule has 0 aliphatic carbocycles. The number of halogens is 1. The van der Waals surface area contributed by atoms with Gasteiger partial charge in [0.15, 0.2) is 0 Å². The van der Waals surface area contributed by atoms with Gasteiger partial charge in [0, 0.05) is 25.6 Å². The number of hydrogen-bond donors (Lipinski definition) is 1. The molecule has 0 radical (unpaired) electrons. The number of carbonyl (C=O) groups excluding carboxylic acids is 1. The molecule has 0 aliphatic rings. The summed E-state index contributed by atoms with van der Waals surface area (Å²) in [6.07, 6.45) is 4.84. The minimum atomic E-state index is -0.419. The lowest BCUT2D eigenvalue weighted by atomic mass is 10.0. The molecule has 0 fully saturated rings. The minimum absolute atomic E-state index is 0.0137. The number of unbranched alkanes of at least 4 members (excludes halogenated alkanes) is 3. The summed E-state index contributed by atoms with van der Waals surface area (Å²) in [5, 5.41) is 2.83. The highest BCUT2D eigenvalue weighted by Crippen LogP contribution is 2.13. The van der Waals surface area contributed by atoms with Gasteiger partial charge in [0.05, 0.1) is 31.8 Å². The van der Waals surface area contributed by atoms with E-state index < -0.39 is 5.60 Å². The summed E-state index contributed by atoms with van der Waals surface area (Å²) in [6.45, 7) is 9.31. The van der Waals surface area contributed by atoms with Crippen LogP contribution in [-0.4, -0.2) is 57.0 Å². The normalized spacial score (nSPS) is 11.7. The summed E-state index contributed by atoms with van der Waals surface area (Å²) in [5.41, 5.74) is -0.419. The molecule has 0 unspecified atom stereocenters. The maximum absolute atomic E-state index is 11.7. The van der Waals surface area contributed by atoms with E-state index in [0.29, 0.717) is 39.4 Å². The molecule has 138 valence electrons. The zero-order chi connectivity index (χ0) is 17.4. The molecule has 0 aromatic rings. The van der Waals surface area contributed by atoms with Crippen molar-refractivity contribution in [3.05, 3.63) is 0 Å². The molecule has 0 aliphatic heterocycles. The van der Waals surface area contributed by atoms with Gasteiger partial charge in [-0.05, 0) is 33.6 Å². The molecule has 0 saturated carbocycles. The smallest absolute Gasteiger partial charge is 0.222 e. The summed E-state index contributed by atoms with van der Waals surface area (Å²) in [5.74, 6) is 0.731. The van der Waals surface area contributed by atoms with Crippen molar-refractivity contribution in [1.82, 2.24) is 5.32 Å².